The van der Waals surface area contributed by atoms with E-state index in [1.165, 1.54) is 27.6 Å². The molecule has 0 aliphatic carbocycles. The molecule has 0 radical (unpaired) electrons. The maximum Gasteiger partial charge on any atom is 0.0561 e. The van der Waals surface area contributed by atoms with Gasteiger partial charge in [-0.15, -0.1) is 0 Å². The molecule has 0 spiro atoms. The molecule has 1 atom stereocenters. The highest BCUT2D eigenvalue weighted by molar-refractivity contribution is 5.86. The van der Waals surface area contributed by atoms with E-state index in [1.54, 1.807) is 0 Å². The Kier molecular flexibility index (Phi) is 2.31. The van der Waals surface area contributed by atoms with E-state index >= 15 is 0 Å². The van der Waals surface area contributed by atoms with E-state index < -0.39 is 0 Å². The van der Waals surface area contributed by atoms with Crippen molar-refractivity contribution in [2.75, 3.05) is 5.32 Å². The quantitative estimate of drug-likeness (QED) is 0.663. The summed E-state index contributed by atoms with van der Waals surface area (Å²) >= 11 is 0. The van der Waals surface area contributed by atoms with Crippen LogP contribution in [-0.2, 0) is 6.42 Å². The smallest absolute Gasteiger partial charge is 0.0561 e. The average Bonchev–Trinajstić information content (AvgIpc) is 2.90. The fourth-order valence-corrected chi connectivity index (χ4v) is 3.04. The largest absolute Gasteiger partial charge is 0.378 e. The molecule has 1 heteroatoms. The van der Waals surface area contributed by atoms with Crippen LogP contribution in [0.5, 0.6) is 0 Å². The summed E-state index contributed by atoms with van der Waals surface area (Å²) in [5, 5.41) is 6.32. The molecule has 0 fully saturated rings. The van der Waals surface area contributed by atoms with E-state index in [0.717, 1.165) is 6.42 Å². The van der Waals surface area contributed by atoms with E-state index in [1.807, 2.05) is 0 Å². The van der Waals surface area contributed by atoms with E-state index in [2.05, 4.69) is 72.0 Å². The van der Waals surface area contributed by atoms with Crippen molar-refractivity contribution in [2.24, 2.45) is 0 Å². The molecule has 0 aromatic heterocycles. The van der Waals surface area contributed by atoms with Gasteiger partial charge in [-0.1, -0.05) is 60.7 Å². The zero-order valence-electron chi connectivity index (χ0n) is 10.6. The number of hydrogen-bond acceptors (Lipinski definition) is 1. The molecule has 1 N–H and O–H groups in total. The molecule has 0 bridgehead atoms. The summed E-state index contributed by atoms with van der Waals surface area (Å²) in [5.41, 5.74) is 4.09. The van der Waals surface area contributed by atoms with Crippen LogP contribution in [0.1, 0.15) is 17.2 Å². The molecule has 19 heavy (non-hydrogen) atoms. The molecule has 1 unspecified atom stereocenters. The number of fused-ring (bicyclic) bond motifs is 2. The fraction of sp³-hybridized carbons (Fsp3) is 0.111. The Morgan fingerprint density at radius 2 is 1.58 bits per heavy atom. The lowest BCUT2D eigenvalue weighted by Crippen LogP contribution is -2.06. The van der Waals surface area contributed by atoms with Gasteiger partial charge in [0, 0.05) is 5.69 Å². The van der Waals surface area contributed by atoms with Crippen LogP contribution in [0.2, 0.25) is 0 Å². The van der Waals surface area contributed by atoms with Crippen molar-refractivity contribution in [1.82, 2.24) is 0 Å². The molecular formula is C18H15N. The second-order valence-corrected chi connectivity index (χ2v) is 5.13. The lowest BCUT2D eigenvalue weighted by atomic mass is 9.97. The Labute approximate surface area is 112 Å². The predicted molar refractivity (Wildman–Crippen MR) is 80.5 cm³/mol. The van der Waals surface area contributed by atoms with Gasteiger partial charge >= 0.3 is 0 Å². The Balaban J connectivity index is 1.81. The van der Waals surface area contributed by atoms with Crippen LogP contribution in [0.3, 0.4) is 0 Å². The van der Waals surface area contributed by atoms with Gasteiger partial charge in [0.1, 0.15) is 0 Å². The lowest BCUT2D eigenvalue weighted by molar-refractivity contribution is 0.832. The van der Waals surface area contributed by atoms with Crippen LogP contribution in [0.15, 0.2) is 66.7 Å². The summed E-state index contributed by atoms with van der Waals surface area (Å²) in [4.78, 5) is 0. The summed E-state index contributed by atoms with van der Waals surface area (Å²) in [5.74, 6) is 0. The van der Waals surface area contributed by atoms with Crippen LogP contribution in [-0.4, -0.2) is 0 Å². The van der Waals surface area contributed by atoms with Gasteiger partial charge < -0.3 is 5.32 Å². The minimum absolute atomic E-state index is 0.392. The van der Waals surface area contributed by atoms with E-state index in [-0.39, 0.29) is 0 Å². The minimum atomic E-state index is 0.392. The first-order valence-corrected chi connectivity index (χ1v) is 6.74. The molecule has 1 heterocycles. The molecule has 0 saturated carbocycles. The van der Waals surface area contributed by atoms with Crippen LogP contribution >= 0.6 is 0 Å². The van der Waals surface area contributed by atoms with Crippen molar-refractivity contribution in [3.63, 3.8) is 0 Å². The van der Waals surface area contributed by atoms with Crippen LogP contribution < -0.4 is 5.32 Å². The molecule has 0 amide bonds. The number of nitrogens with one attached hydrogen (secondary N) is 1. The van der Waals surface area contributed by atoms with Crippen molar-refractivity contribution in [1.29, 1.82) is 0 Å². The summed E-state index contributed by atoms with van der Waals surface area (Å²) < 4.78 is 0. The van der Waals surface area contributed by atoms with Gasteiger partial charge in [-0.25, -0.2) is 0 Å². The van der Waals surface area contributed by atoms with Crippen molar-refractivity contribution in [3.8, 4) is 0 Å². The first-order valence-electron chi connectivity index (χ1n) is 6.74. The SMILES string of the molecule is c1ccc2c(c1)CC(c1cccc3ccccc13)N2. The van der Waals surface area contributed by atoms with Gasteiger partial charge in [0.15, 0.2) is 0 Å². The van der Waals surface area contributed by atoms with E-state index in [4.69, 9.17) is 0 Å². The number of rotatable bonds is 1. The highest BCUT2D eigenvalue weighted by Gasteiger charge is 2.22. The lowest BCUT2D eigenvalue weighted by Gasteiger charge is -2.14. The van der Waals surface area contributed by atoms with Gasteiger partial charge in [-0.05, 0) is 34.4 Å². The summed E-state index contributed by atoms with van der Waals surface area (Å²) in [7, 11) is 0. The van der Waals surface area contributed by atoms with Crippen molar-refractivity contribution < 1.29 is 0 Å². The van der Waals surface area contributed by atoms with Crippen LogP contribution in [0, 0.1) is 0 Å². The topological polar surface area (TPSA) is 12.0 Å². The molecule has 1 nitrogen and oxygen atoms in total. The van der Waals surface area contributed by atoms with Gasteiger partial charge in [0.2, 0.25) is 0 Å². The monoisotopic (exact) mass is 245 g/mol. The highest BCUT2D eigenvalue weighted by atomic mass is 14.9. The molecule has 92 valence electrons. The Morgan fingerprint density at radius 1 is 0.789 bits per heavy atom. The molecule has 1 aliphatic rings. The van der Waals surface area contributed by atoms with Crippen molar-refractivity contribution >= 4 is 16.5 Å². The third-order valence-corrected chi connectivity index (χ3v) is 3.97. The summed E-state index contributed by atoms with van der Waals surface area (Å²) in [6.45, 7) is 0. The van der Waals surface area contributed by atoms with E-state index in [9.17, 15) is 0 Å². The third kappa shape index (κ3) is 1.70. The molecule has 1 aliphatic heterocycles. The van der Waals surface area contributed by atoms with Crippen molar-refractivity contribution in [3.05, 3.63) is 77.9 Å². The Morgan fingerprint density at radius 3 is 2.53 bits per heavy atom. The maximum absolute atomic E-state index is 3.64. The zero-order chi connectivity index (χ0) is 12.7. The first kappa shape index (κ1) is 10.6. The van der Waals surface area contributed by atoms with E-state index in [0.29, 0.717) is 6.04 Å². The molecule has 4 rings (SSSR count). The molecule has 3 aromatic rings. The molecule has 3 aromatic carbocycles. The first-order chi connectivity index (χ1) is 9.42. The van der Waals surface area contributed by atoms with Gasteiger partial charge in [0.25, 0.3) is 0 Å². The third-order valence-electron chi connectivity index (χ3n) is 3.97. The Hall–Kier alpha value is -2.28. The predicted octanol–water partition coefficient (Wildman–Crippen LogP) is 4.55. The van der Waals surface area contributed by atoms with Gasteiger partial charge in [-0.3, -0.25) is 0 Å². The average molecular weight is 245 g/mol. The van der Waals surface area contributed by atoms with Gasteiger partial charge in [0.05, 0.1) is 6.04 Å². The summed E-state index contributed by atoms with van der Waals surface area (Å²) in [6, 6.07) is 24.2. The second kappa shape index (κ2) is 4.13. The molecule has 0 saturated heterocycles. The summed E-state index contributed by atoms with van der Waals surface area (Å²) in [6.07, 6.45) is 1.07. The standard InChI is InChI=1S/C18H15N/c1-3-9-15-13(6-1)8-5-10-16(15)18-12-14-7-2-4-11-17(14)19-18/h1-11,18-19H,12H2. The number of anilines is 1. The number of benzene rings is 3. The highest BCUT2D eigenvalue weighted by Crippen LogP contribution is 2.36. The molecular weight excluding hydrogens is 230 g/mol. The van der Waals surface area contributed by atoms with Crippen LogP contribution in [0.25, 0.3) is 10.8 Å². The normalized spacial score (nSPS) is 17.2. The van der Waals surface area contributed by atoms with Gasteiger partial charge in [-0.2, -0.15) is 0 Å². The second-order valence-electron chi connectivity index (χ2n) is 5.13. The number of para-hydroxylation sites is 1. The van der Waals surface area contributed by atoms with Crippen molar-refractivity contribution in [2.45, 2.75) is 12.5 Å². The minimum Gasteiger partial charge on any atom is -0.378 e. The Bertz CT molecular complexity index is 715. The fourth-order valence-electron chi connectivity index (χ4n) is 3.04. The zero-order valence-corrected chi connectivity index (χ0v) is 10.6. The maximum atomic E-state index is 3.64. The number of hydrogen-bond donors (Lipinski definition) is 1. The van der Waals surface area contributed by atoms with Crippen LogP contribution in [0.4, 0.5) is 5.69 Å².